The largest absolute Gasteiger partial charge is 0.467 e. The molecule has 2 rings (SSSR count). The monoisotopic (exact) mass is 295 g/mol. The number of para-hydroxylation sites is 2. The normalized spacial score (nSPS) is 11.9. The van der Waals surface area contributed by atoms with Crippen molar-refractivity contribution in [2.45, 2.75) is 0 Å². The fourth-order valence-corrected chi connectivity index (χ4v) is 2.04. The molecule has 0 N–H and O–H groups in total. The van der Waals surface area contributed by atoms with Crippen LogP contribution in [-0.4, -0.2) is 31.4 Å². The number of fused-ring (bicyclic) bond motifs is 1. The smallest absolute Gasteiger partial charge is 0.402 e. The highest BCUT2D eigenvalue weighted by Crippen LogP contribution is 2.25. The third-order valence-corrected chi connectivity index (χ3v) is 3.14. The summed E-state index contributed by atoms with van der Waals surface area (Å²) in [5.41, 5.74) is 1.24. The highest BCUT2D eigenvalue weighted by molar-refractivity contribution is 8.03. The zero-order chi connectivity index (χ0) is 14.5. The molecule has 1 heterocycles. The molecule has 0 unspecified atom stereocenters. The molecule has 106 valence electrons. The number of methoxy groups -OCH3 is 2. The van der Waals surface area contributed by atoms with Crippen LogP contribution in [0.15, 0.2) is 39.5 Å². The van der Waals surface area contributed by atoms with Gasteiger partial charge in [0.2, 0.25) is 0 Å². The lowest BCUT2D eigenvalue weighted by Crippen LogP contribution is -2.10. The van der Waals surface area contributed by atoms with E-state index in [-0.39, 0.29) is 16.9 Å². The van der Waals surface area contributed by atoms with Crippen LogP contribution in [0, 0.1) is 0 Å². The van der Waals surface area contributed by atoms with Gasteiger partial charge in [0.05, 0.1) is 14.2 Å². The molecule has 0 bridgehead atoms. The van der Waals surface area contributed by atoms with Crippen molar-refractivity contribution >= 4 is 28.8 Å². The Bertz CT molecular complexity index is 616. The van der Waals surface area contributed by atoms with Gasteiger partial charge in [-0.05, 0) is 18.4 Å². The molecule has 0 spiro atoms. The number of oxazole rings is 1. The van der Waals surface area contributed by atoms with Gasteiger partial charge in [0.1, 0.15) is 5.52 Å². The molecule has 0 saturated carbocycles. The van der Waals surface area contributed by atoms with Gasteiger partial charge >= 0.3 is 18.0 Å². The van der Waals surface area contributed by atoms with Crippen molar-refractivity contribution in [2.24, 2.45) is 0 Å². The zero-order valence-corrected chi connectivity index (χ0v) is 12.0. The highest BCUT2D eigenvalue weighted by Gasteiger charge is 2.20. The van der Waals surface area contributed by atoms with E-state index in [0.29, 0.717) is 11.1 Å². The van der Waals surface area contributed by atoms with Crippen LogP contribution < -0.4 is 4.74 Å². The van der Waals surface area contributed by atoms with Crippen LogP contribution in [0.1, 0.15) is 0 Å². The fraction of sp³-hybridized carbons (Fsp3) is 0.231. The van der Waals surface area contributed by atoms with Crippen molar-refractivity contribution in [3.8, 4) is 6.08 Å². The molecule has 1 aromatic heterocycles. The first-order valence-corrected chi connectivity index (χ1v) is 6.86. The molecule has 0 atom stereocenters. The quantitative estimate of drug-likeness (QED) is 0.477. The van der Waals surface area contributed by atoms with Crippen LogP contribution in [-0.2, 0) is 14.3 Å². The third kappa shape index (κ3) is 2.88. The SMILES string of the molecule is COC(=O)/C(SC)=C(\OC)Oc1nc2ccccc2o1. The molecule has 0 saturated heterocycles. The Labute approximate surface area is 119 Å². The number of rotatable bonds is 5. The number of hydrogen-bond donors (Lipinski definition) is 0. The van der Waals surface area contributed by atoms with Crippen molar-refractivity contribution in [1.82, 2.24) is 4.98 Å². The summed E-state index contributed by atoms with van der Waals surface area (Å²) < 4.78 is 20.5. The lowest BCUT2D eigenvalue weighted by atomic mass is 10.3. The van der Waals surface area contributed by atoms with Crippen LogP contribution in [0.4, 0.5) is 0 Å². The molecule has 6 nitrogen and oxygen atoms in total. The summed E-state index contributed by atoms with van der Waals surface area (Å²) in [5, 5.41) is 0. The molecule has 1 aromatic carbocycles. The number of nitrogens with zero attached hydrogens (tertiary/aromatic N) is 1. The van der Waals surface area contributed by atoms with Crippen molar-refractivity contribution in [3.05, 3.63) is 35.1 Å². The molecule has 0 aliphatic heterocycles. The first-order chi connectivity index (χ1) is 9.69. The van der Waals surface area contributed by atoms with Gasteiger partial charge in [-0.1, -0.05) is 12.1 Å². The Balaban J connectivity index is 2.33. The van der Waals surface area contributed by atoms with E-state index in [1.165, 1.54) is 14.2 Å². The Morgan fingerprint density at radius 3 is 2.60 bits per heavy atom. The van der Waals surface area contributed by atoms with Crippen LogP contribution >= 0.6 is 11.8 Å². The van der Waals surface area contributed by atoms with Crippen molar-refractivity contribution in [3.63, 3.8) is 0 Å². The predicted molar refractivity (Wildman–Crippen MR) is 74.2 cm³/mol. The van der Waals surface area contributed by atoms with E-state index in [1.807, 2.05) is 12.1 Å². The number of aromatic nitrogens is 1. The van der Waals surface area contributed by atoms with Gasteiger partial charge in [-0.25, -0.2) is 4.79 Å². The molecule has 20 heavy (non-hydrogen) atoms. The summed E-state index contributed by atoms with van der Waals surface area (Å²) in [6, 6.07) is 7.22. The summed E-state index contributed by atoms with van der Waals surface area (Å²) in [5.74, 6) is -0.568. The maximum atomic E-state index is 11.6. The maximum Gasteiger partial charge on any atom is 0.402 e. The average Bonchev–Trinajstić information content (AvgIpc) is 2.88. The third-order valence-electron chi connectivity index (χ3n) is 2.40. The van der Waals surface area contributed by atoms with Gasteiger partial charge in [0, 0.05) is 0 Å². The van der Waals surface area contributed by atoms with E-state index in [2.05, 4.69) is 9.72 Å². The molecule has 0 amide bonds. The van der Waals surface area contributed by atoms with Crippen LogP contribution in [0.5, 0.6) is 6.08 Å². The first kappa shape index (κ1) is 14.3. The average molecular weight is 295 g/mol. The number of ether oxygens (including phenoxy) is 3. The molecule has 0 fully saturated rings. The number of benzene rings is 1. The molecule has 7 heteroatoms. The number of esters is 1. The van der Waals surface area contributed by atoms with Gasteiger partial charge in [-0.2, -0.15) is 4.98 Å². The Hall–Kier alpha value is -2.15. The molecular formula is C13H13NO5S. The van der Waals surface area contributed by atoms with Gasteiger partial charge < -0.3 is 18.6 Å². The summed E-state index contributed by atoms with van der Waals surface area (Å²) >= 11 is 1.15. The number of hydrogen-bond acceptors (Lipinski definition) is 7. The lowest BCUT2D eigenvalue weighted by molar-refractivity contribution is -0.135. The maximum absolute atomic E-state index is 11.6. The van der Waals surface area contributed by atoms with Crippen LogP contribution in [0.3, 0.4) is 0 Å². The van der Waals surface area contributed by atoms with E-state index in [4.69, 9.17) is 13.9 Å². The standard InChI is InChI=1S/C13H13NO5S/c1-16-11(15)10(20-3)12(17-2)19-13-14-8-6-4-5-7-9(8)18-13/h4-7H,1-3H3/b12-10-. The van der Waals surface area contributed by atoms with Crippen LogP contribution in [0.25, 0.3) is 11.1 Å². The van der Waals surface area contributed by atoms with E-state index in [9.17, 15) is 4.79 Å². The van der Waals surface area contributed by atoms with Gasteiger partial charge in [-0.3, -0.25) is 0 Å². The number of carbonyl (C=O) groups is 1. The second-order valence-corrected chi connectivity index (χ2v) is 4.38. The zero-order valence-electron chi connectivity index (χ0n) is 11.2. The summed E-state index contributed by atoms with van der Waals surface area (Å²) in [6.07, 6.45) is 1.71. The summed E-state index contributed by atoms with van der Waals surface area (Å²) in [7, 11) is 2.67. The number of thioether (sulfide) groups is 1. The Morgan fingerprint density at radius 2 is 2.00 bits per heavy atom. The molecule has 2 aromatic rings. The first-order valence-electron chi connectivity index (χ1n) is 5.63. The minimum Gasteiger partial charge on any atom is -0.467 e. The van der Waals surface area contributed by atoms with E-state index >= 15 is 0 Å². The van der Waals surface area contributed by atoms with Crippen LogP contribution in [0.2, 0.25) is 0 Å². The van der Waals surface area contributed by atoms with E-state index in [1.54, 1.807) is 18.4 Å². The van der Waals surface area contributed by atoms with E-state index < -0.39 is 5.97 Å². The fourth-order valence-electron chi connectivity index (χ4n) is 1.50. The second kappa shape index (κ2) is 6.33. The lowest BCUT2D eigenvalue weighted by Gasteiger charge is -2.08. The predicted octanol–water partition coefficient (Wildman–Crippen LogP) is 2.56. The van der Waals surface area contributed by atoms with Gasteiger partial charge in [-0.15, -0.1) is 11.8 Å². The number of carbonyl (C=O) groups excluding carboxylic acids is 1. The van der Waals surface area contributed by atoms with Crippen molar-refractivity contribution in [2.75, 3.05) is 20.5 Å². The topological polar surface area (TPSA) is 70.8 Å². The van der Waals surface area contributed by atoms with E-state index in [0.717, 1.165) is 11.8 Å². The summed E-state index contributed by atoms with van der Waals surface area (Å²) in [4.78, 5) is 15.9. The molecule has 0 radical (unpaired) electrons. The Kier molecular flexibility index (Phi) is 4.52. The minimum absolute atomic E-state index is 0.00139. The van der Waals surface area contributed by atoms with Gasteiger partial charge in [0.25, 0.3) is 0 Å². The van der Waals surface area contributed by atoms with Crippen molar-refractivity contribution < 1.29 is 23.4 Å². The molecular weight excluding hydrogens is 282 g/mol. The minimum atomic E-state index is -0.550. The second-order valence-electron chi connectivity index (χ2n) is 3.57. The summed E-state index contributed by atoms with van der Waals surface area (Å²) in [6.45, 7) is 0. The Morgan fingerprint density at radius 1 is 1.25 bits per heavy atom. The molecule has 0 aliphatic rings. The van der Waals surface area contributed by atoms with Gasteiger partial charge in [0.15, 0.2) is 10.5 Å². The molecule has 0 aliphatic carbocycles. The van der Waals surface area contributed by atoms with Crippen molar-refractivity contribution in [1.29, 1.82) is 0 Å². The highest BCUT2D eigenvalue weighted by atomic mass is 32.2.